The van der Waals surface area contributed by atoms with Gasteiger partial charge in [0.2, 0.25) is 5.95 Å². The molecule has 1 aliphatic heterocycles. The minimum atomic E-state index is 0.360. The summed E-state index contributed by atoms with van der Waals surface area (Å²) >= 11 is 0. The molecule has 1 saturated heterocycles. The van der Waals surface area contributed by atoms with Crippen molar-refractivity contribution in [2.24, 2.45) is 11.8 Å². The fourth-order valence-corrected chi connectivity index (χ4v) is 2.01. The average Bonchev–Trinajstić information content (AvgIpc) is 2.22. The van der Waals surface area contributed by atoms with Crippen LogP contribution in [0.2, 0.25) is 0 Å². The summed E-state index contributed by atoms with van der Waals surface area (Å²) < 4.78 is 0. The van der Waals surface area contributed by atoms with Crippen LogP contribution >= 0.6 is 0 Å². The Balaban J connectivity index is 2.12. The van der Waals surface area contributed by atoms with Crippen LogP contribution in [0.15, 0.2) is 12.3 Å². The predicted molar refractivity (Wildman–Crippen MR) is 61.6 cm³/mol. The number of hydrogen-bond acceptors (Lipinski definition) is 4. The number of aromatic nitrogens is 2. The lowest BCUT2D eigenvalue weighted by Gasteiger charge is -2.35. The molecular weight excluding hydrogens is 188 g/mol. The maximum Gasteiger partial charge on any atom is 0.221 e. The molecule has 2 N–H and O–H groups in total. The first-order valence-corrected chi connectivity index (χ1v) is 5.50. The standard InChI is InChI=1S/C11H18N4/c1-8-4-6-15(7-9(8)2)10-3-5-13-11(12)14-10/h3,5,8-9H,4,6-7H2,1-2H3,(H2,12,13,14). The van der Waals surface area contributed by atoms with E-state index in [2.05, 4.69) is 28.7 Å². The highest BCUT2D eigenvalue weighted by Gasteiger charge is 2.23. The average molecular weight is 206 g/mol. The van der Waals surface area contributed by atoms with Crippen LogP contribution in [0.1, 0.15) is 20.3 Å². The minimum Gasteiger partial charge on any atom is -0.368 e. The molecule has 2 rings (SSSR count). The van der Waals surface area contributed by atoms with Crippen molar-refractivity contribution in [2.45, 2.75) is 20.3 Å². The smallest absolute Gasteiger partial charge is 0.221 e. The molecule has 0 spiro atoms. The van der Waals surface area contributed by atoms with E-state index >= 15 is 0 Å². The summed E-state index contributed by atoms with van der Waals surface area (Å²) in [5.74, 6) is 2.84. The molecule has 1 aromatic rings. The molecule has 0 radical (unpaired) electrons. The van der Waals surface area contributed by atoms with Gasteiger partial charge in [0.05, 0.1) is 0 Å². The predicted octanol–water partition coefficient (Wildman–Crippen LogP) is 1.54. The summed E-state index contributed by atoms with van der Waals surface area (Å²) in [5, 5.41) is 0. The number of rotatable bonds is 1. The zero-order valence-electron chi connectivity index (χ0n) is 9.35. The number of hydrogen-bond donors (Lipinski definition) is 1. The molecule has 0 bridgehead atoms. The van der Waals surface area contributed by atoms with Crippen LogP contribution in [0.4, 0.5) is 11.8 Å². The third-order valence-electron chi connectivity index (χ3n) is 3.32. The molecule has 4 heteroatoms. The van der Waals surface area contributed by atoms with Crippen molar-refractivity contribution in [3.05, 3.63) is 12.3 Å². The Hall–Kier alpha value is -1.32. The summed E-state index contributed by atoms with van der Waals surface area (Å²) in [6, 6.07) is 1.93. The Labute approximate surface area is 90.5 Å². The maximum absolute atomic E-state index is 5.58. The lowest BCUT2D eigenvalue weighted by atomic mass is 9.89. The van der Waals surface area contributed by atoms with Crippen LogP contribution < -0.4 is 10.6 Å². The Morgan fingerprint density at radius 3 is 2.87 bits per heavy atom. The van der Waals surface area contributed by atoms with E-state index in [1.165, 1.54) is 6.42 Å². The number of nitrogens with two attached hydrogens (primary N) is 1. The molecule has 1 aliphatic rings. The Bertz CT molecular complexity index is 339. The van der Waals surface area contributed by atoms with E-state index in [0.717, 1.165) is 30.7 Å². The maximum atomic E-state index is 5.58. The second kappa shape index (κ2) is 4.04. The van der Waals surface area contributed by atoms with E-state index in [0.29, 0.717) is 5.95 Å². The minimum absolute atomic E-state index is 0.360. The molecule has 82 valence electrons. The highest BCUT2D eigenvalue weighted by atomic mass is 15.2. The van der Waals surface area contributed by atoms with Gasteiger partial charge in [0, 0.05) is 19.3 Å². The molecule has 0 aliphatic carbocycles. The van der Waals surface area contributed by atoms with Gasteiger partial charge in [0.25, 0.3) is 0 Å². The third kappa shape index (κ3) is 2.19. The van der Waals surface area contributed by atoms with Crippen LogP contribution in [-0.2, 0) is 0 Å². The van der Waals surface area contributed by atoms with Crippen molar-refractivity contribution in [3.63, 3.8) is 0 Å². The van der Waals surface area contributed by atoms with Gasteiger partial charge in [-0.1, -0.05) is 13.8 Å². The lowest BCUT2D eigenvalue weighted by Crippen LogP contribution is -2.38. The highest BCUT2D eigenvalue weighted by molar-refractivity contribution is 5.41. The highest BCUT2D eigenvalue weighted by Crippen LogP contribution is 2.25. The molecule has 15 heavy (non-hydrogen) atoms. The van der Waals surface area contributed by atoms with Gasteiger partial charge in [-0.2, -0.15) is 4.98 Å². The zero-order chi connectivity index (χ0) is 10.8. The van der Waals surface area contributed by atoms with Gasteiger partial charge in [-0.3, -0.25) is 0 Å². The monoisotopic (exact) mass is 206 g/mol. The van der Waals surface area contributed by atoms with E-state index in [1.54, 1.807) is 6.20 Å². The van der Waals surface area contributed by atoms with Crippen LogP contribution in [-0.4, -0.2) is 23.1 Å². The summed E-state index contributed by atoms with van der Waals surface area (Å²) in [5.41, 5.74) is 5.58. The van der Waals surface area contributed by atoms with Crippen molar-refractivity contribution in [2.75, 3.05) is 23.7 Å². The molecule has 4 nitrogen and oxygen atoms in total. The van der Waals surface area contributed by atoms with Crippen molar-refractivity contribution in [1.29, 1.82) is 0 Å². The first kappa shape index (κ1) is 10.2. The lowest BCUT2D eigenvalue weighted by molar-refractivity contribution is 0.323. The Morgan fingerprint density at radius 2 is 2.20 bits per heavy atom. The van der Waals surface area contributed by atoms with Gasteiger partial charge >= 0.3 is 0 Å². The topological polar surface area (TPSA) is 55.0 Å². The normalized spacial score (nSPS) is 26.7. The summed E-state index contributed by atoms with van der Waals surface area (Å²) in [6.45, 7) is 6.75. The summed E-state index contributed by atoms with van der Waals surface area (Å²) in [4.78, 5) is 10.5. The second-order valence-electron chi connectivity index (χ2n) is 4.46. The quantitative estimate of drug-likeness (QED) is 0.757. The van der Waals surface area contributed by atoms with Crippen molar-refractivity contribution in [1.82, 2.24) is 9.97 Å². The number of nitrogens with zero attached hydrogens (tertiary/aromatic N) is 3. The first-order chi connectivity index (χ1) is 7.16. The van der Waals surface area contributed by atoms with E-state index < -0.39 is 0 Å². The molecule has 1 fully saturated rings. The van der Waals surface area contributed by atoms with Gasteiger partial charge in [-0.05, 0) is 24.3 Å². The number of piperidine rings is 1. The summed E-state index contributed by atoms with van der Waals surface area (Å²) in [7, 11) is 0. The van der Waals surface area contributed by atoms with Crippen molar-refractivity contribution >= 4 is 11.8 Å². The molecule has 1 aromatic heterocycles. The third-order valence-corrected chi connectivity index (χ3v) is 3.32. The summed E-state index contributed by atoms with van der Waals surface area (Å²) in [6.07, 6.45) is 2.95. The molecule has 0 amide bonds. The molecule has 0 aromatic carbocycles. The van der Waals surface area contributed by atoms with Gasteiger partial charge in [-0.15, -0.1) is 0 Å². The molecule has 2 heterocycles. The first-order valence-electron chi connectivity index (χ1n) is 5.50. The Kier molecular flexibility index (Phi) is 2.75. The van der Waals surface area contributed by atoms with Crippen molar-refractivity contribution in [3.8, 4) is 0 Å². The van der Waals surface area contributed by atoms with Crippen LogP contribution in [0.3, 0.4) is 0 Å². The zero-order valence-corrected chi connectivity index (χ0v) is 9.35. The van der Waals surface area contributed by atoms with E-state index in [1.807, 2.05) is 6.07 Å². The SMILES string of the molecule is CC1CCN(c2ccnc(N)n2)CC1C. The molecular formula is C11H18N4. The van der Waals surface area contributed by atoms with Gasteiger partial charge in [-0.25, -0.2) is 4.98 Å². The van der Waals surface area contributed by atoms with Gasteiger partial charge < -0.3 is 10.6 Å². The molecule has 0 saturated carbocycles. The molecule has 2 unspecified atom stereocenters. The second-order valence-corrected chi connectivity index (χ2v) is 4.46. The van der Waals surface area contributed by atoms with E-state index in [4.69, 9.17) is 5.73 Å². The van der Waals surface area contributed by atoms with Crippen LogP contribution in [0.5, 0.6) is 0 Å². The largest absolute Gasteiger partial charge is 0.368 e. The number of nitrogen functional groups attached to an aromatic ring is 1. The number of anilines is 2. The van der Waals surface area contributed by atoms with Crippen LogP contribution in [0, 0.1) is 11.8 Å². The fraction of sp³-hybridized carbons (Fsp3) is 0.636. The molecule has 2 atom stereocenters. The van der Waals surface area contributed by atoms with Crippen molar-refractivity contribution < 1.29 is 0 Å². The van der Waals surface area contributed by atoms with Gasteiger partial charge in [0.1, 0.15) is 5.82 Å². The van der Waals surface area contributed by atoms with E-state index in [9.17, 15) is 0 Å². The Morgan fingerprint density at radius 1 is 1.40 bits per heavy atom. The van der Waals surface area contributed by atoms with Gasteiger partial charge in [0.15, 0.2) is 0 Å². The van der Waals surface area contributed by atoms with E-state index in [-0.39, 0.29) is 0 Å². The van der Waals surface area contributed by atoms with Crippen LogP contribution in [0.25, 0.3) is 0 Å². The fourth-order valence-electron chi connectivity index (χ4n) is 2.01.